The molecular weight excluding hydrogens is 372 g/mol. The first kappa shape index (κ1) is 19.2. The third kappa shape index (κ3) is 3.61. The van der Waals surface area contributed by atoms with Gasteiger partial charge in [0.1, 0.15) is 11.6 Å². The second-order valence-electron chi connectivity index (χ2n) is 7.95. The minimum atomic E-state index is -0.0188. The van der Waals surface area contributed by atoms with Gasteiger partial charge in [0.25, 0.3) is 0 Å². The summed E-state index contributed by atoms with van der Waals surface area (Å²) in [4.78, 5) is 8.59. The molecule has 3 aromatic rings. The van der Waals surface area contributed by atoms with Crippen LogP contribution in [0.25, 0.3) is 4.96 Å². The predicted octanol–water partition coefficient (Wildman–Crippen LogP) is 4.27. The normalized spacial score (nSPS) is 21.9. The summed E-state index contributed by atoms with van der Waals surface area (Å²) in [5.74, 6) is 2.99. The molecule has 3 atom stereocenters. The fourth-order valence-electron chi connectivity index (χ4n) is 4.39. The lowest BCUT2D eigenvalue weighted by atomic mass is 9.89. The molecule has 0 amide bonds. The number of aryl methyl sites for hydroxylation is 1. The van der Waals surface area contributed by atoms with E-state index in [2.05, 4.69) is 41.0 Å². The molecule has 1 N–H and O–H groups in total. The number of rotatable bonds is 5. The van der Waals surface area contributed by atoms with Gasteiger partial charge in [-0.05, 0) is 49.8 Å². The molecule has 1 fully saturated rings. The molecule has 1 aliphatic rings. The van der Waals surface area contributed by atoms with Crippen LogP contribution in [-0.2, 0) is 0 Å². The third-order valence-corrected chi connectivity index (χ3v) is 6.40. The van der Waals surface area contributed by atoms with E-state index in [0.717, 1.165) is 34.2 Å². The number of ether oxygens (including phenoxy) is 1. The number of thiazole rings is 1. The van der Waals surface area contributed by atoms with Gasteiger partial charge in [-0.15, -0.1) is 5.10 Å². The molecule has 6 nitrogen and oxygen atoms in total. The van der Waals surface area contributed by atoms with Gasteiger partial charge < -0.3 is 9.84 Å². The zero-order chi connectivity index (χ0) is 19.8. The highest BCUT2D eigenvalue weighted by molar-refractivity contribution is 7.17. The van der Waals surface area contributed by atoms with Crippen LogP contribution in [0.3, 0.4) is 0 Å². The molecule has 2 aromatic heterocycles. The Morgan fingerprint density at radius 2 is 1.89 bits per heavy atom. The van der Waals surface area contributed by atoms with E-state index < -0.39 is 0 Å². The highest BCUT2D eigenvalue weighted by atomic mass is 32.1. The Morgan fingerprint density at radius 3 is 2.50 bits per heavy atom. The standard InChI is InChI=1S/C21H28N4O2S/c1-5-27-17-8-6-16(7-9-17)18(24-11-13(2)10-14(3)12-24)19-20(26)25-21(28-19)22-15(4)23-25/h6-9,13-14,18,26H,5,10-12H2,1-4H3/t13-,14+,18-/m1/s1. The van der Waals surface area contributed by atoms with Crippen molar-refractivity contribution in [2.45, 2.75) is 40.2 Å². The average Bonchev–Trinajstić information content (AvgIpc) is 3.14. The maximum Gasteiger partial charge on any atom is 0.230 e. The molecule has 150 valence electrons. The van der Waals surface area contributed by atoms with Crippen LogP contribution >= 0.6 is 11.3 Å². The number of fused-ring (bicyclic) bond motifs is 1. The average molecular weight is 401 g/mol. The lowest BCUT2D eigenvalue weighted by molar-refractivity contribution is 0.112. The monoisotopic (exact) mass is 400 g/mol. The van der Waals surface area contributed by atoms with Crippen LogP contribution in [0.4, 0.5) is 0 Å². The Bertz CT molecular complexity index is 939. The van der Waals surface area contributed by atoms with E-state index in [1.165, 1.54) is 17.8 Å². The van der Waals surface area contributed by atoms with Crippen molar-refractivity contribution in [3.05, 3.63) is 40.5 Å². The molecule has 28 heavy (non-hydrogen) atoms. The first-order valence-corrected chi connectivity index (χ1v) is 10.8. The summed E-state index contributed by atoms with van der Waals surface area (Å²) in [5, 5.41) is 15.3. The molecule has 3 heterocycles. The van der Waals surface area contributed by atoms with Crippen molar-refractivity contribution in [2.75, 3.05) is 19.7 Å². The van der Waals surface area contributed by atoms with Crippen LogP contribution in [0, 0.1) is 18.8 Å². The molecule has 0 radical (unpaired) electrons. The summed E-state index contributed by atoms with van der Waals surface area (Å²) in [6.45, 7) is 11.1. The van der Waals surface area contributed by atoms with Gasteiger partial charge in [0.2, 0.25) is 10.8 Å². The second-order valence-corrected chi connectivity index (χ2v) is 8.96. The molecule has 0 unspecified atom stereocenters. The molecule has 1 aliphatic heterocycles. The molecule has 0 spiro atoms. The van der Waals surface area contributed by atoms with Crippen molar-refractivity contribution in [1.82, 2.24) is 19.5 Å². The van der Waals surface area contributed by atoms with Crippen molar-refractivity contribution in [1.29, 1.82) is 0 Å². The van der Waals surface area contributed by atoms with E-state index in [1.54, 1.807) is 4.52 Å². The molecule has 1 aromatic carbocycles. The largest absolute Gasteiger partial charge is 0.494 e. The van der Waals surface area contributed by atoms with E-state index in [0.29, 0.717) is 24.3 Å². The Labute approximate surface area is 169 Å². The number of hydrogen-bond donors (Lipinski definition) is 1. The summed E-state index contributed by atoms with van der Waals surface area (Å²) in [6.07, 6.45) is 1.24. The summed E-state index contributed by atoms with van der Waals surface area (Å²) in [7, 11) is 0. The topological polar surface area (TPSA) is 62.9 Å². The number of benzene rings is 1. The van der Waals surface area contributed by atoms with Crippen LogP contribution in [0.5, 0.6) is 11.6 Å². The van der Waals surface area contributed by atoms with Crippen LogP contribution in [-0.4, -0.2) is 44.3 Å². The lowest BCUT2D eigenvalue weighted by Crippen LogP contribution is -2.41. The van der Waals surface area contributed by atoms with E-state index in [-0.39, 0.29) is 11.9 Å². The fraction of sp³-hybridized carbons (Fsp3) is 0.524. The first-order chi connectivity index (χ1) is 13.5. The number of nitrogens with zero attached hydrogens (tertiary/aromatic N) is 4. The first-order valence-electron chi connectivity index (χ1n) is 9.98. The Balaban J connectivity index is 1.78. The molecule has 0 aliphatic carbocycles. The Kier molecular flexibility index (Phi) is 5.29. The van der Waals surface area contributed by atoms with Gasteiger partial charge in [-0.2, -0.15) is 4.52 Å². The van der Waals surface area contributed by atoms with Crippen molar-refractivity contribution in [2.24, 2.45) is 11.8 Å². The van der Waals surface area contributed by atoms with Gasteiger partial charge in [0, 0.05) is 13.1 Å². The van der Waals surface area contributed by atoms with Crippen LogP contribution < -0.4 is 4.74 Å². The number of aromatic hydroxyl groups is 1. The highest BCUT2D eigenvalue weighted by Gasteiger charge is 2.33. The summed E-state index contributed by atoms with van der Waals surface area (Å²) >= 11 is 1.52. The van der Waals surface area contributed by atoms with Crippen molar-refractivity contribution >= 4 is 16.3 Å². The summed E-state index contributed by atoms with van der Waals surface area (Å²) in [5.41, 5.74) is 1.15. The number of hydrogen-bond acceptors (Lipinski definition) is 6. The minimum Gasteiger partial charge on any atom is -0.494 e. The molecular formula is C21H28N4O2S. The third-order valence-electron chi connectivity index (χ3n) is 5.32. The zero-order valence-electron chi connectivity index (χ0n) is 16.9. The maximum absolute atomic E-state index is 11.0. The fourth-order valence-corrected chi connectivity index (χ4v) is 5.55. The van der Waals surface area contributed by atoms with Crippen molar-refractivity contribution < 1.29 is 9.84 Å². The molecule has 1 saturated heterocycles. The van der Waals surface area contributed by atoms with Gasteiger partial charge in [0.15, 0.2) is 0 Å². The van der Waals surface area contributed by atoms with Gasteiger partial charge in [-0.1, -0.05) is 37.3 Å². The van der Waals surface area contributed by atoms with E-state index in [4.69, 9.17) is 4.74 Å². The van der Waals surface area contributed by atoms with E-state index >= 15 is 0 Å². The number of aromatic nitrogens is 3. The maximum atomic E-state index is 11.0. The predicted molar refractivity (Wildman–Crippen MR) is 111 cm³/mol. The zero-order valence-corrected chi connectivity index (χ0v) is 17.7. The Morgan fingerprint density at radius 1 is 1.21 bits per heavy atom. The number of likely N-dealkylation sites (tertiary alicyclic amines) is 1. The van der Waals surface area contributed by atoms with E-state index in [9.17, 15) is 5.11 Å². The van der Waals surface area contributed by atoms with Gasteiger partial charge in [0.05, 0.1) is 17.5 Å². The van der Waals surface area contributed by atoms with Crippen LogP contribution in [0.15, 0.2) is 24.3 Å². The van der Waals surface area contributed by atoms with Crippen LogP contribution in [0.1, 0.15) is 49.5 Å². The van der Waals surface area contributed by atoms with Crippen LogP contribution in [0.2, 0.25) is 0 Å². The lowest BCUT2D eigenvalue weighted by Gasteiger charge is -2.40. The van der Waals surface area contributed by atoms with Gasteiger partial charge in [-0.25, -0.2) is 4.98 Å². The SMILES string of the molecule is CCOc1ccc([C@H](c2sc3nc(C)nn3c2O)N2C[C@H](C)C[C@H](C)C2)cc1. The molecule has 4 rings (SSSR count). The molecule has 7 heteroatoms. The highest BCUT2D eigenvalue weighted by Crippen LogP contribution is 2.42. The summed E-state index contributed by atoms with van der Waals surface area (Å²) in [6, 6.07) is 8.23. The second kappa shape index (κ2) is 7.72. The Hall–Kier alpha value is -2.12. The van der Waals surface area contributed by atoms with Crippen molar-refractivity contribution in [3.63, 3.8) is 0 Å². The summed E-state index contributed by atoms with van der Waals surface area (Å²) < 4.78 is 7.18. The smallest absolute Gasteiger partial charge is 0.230 e. The molecule has 0 bridgehead atoms. The van der Waals surface area contributed by atoms with Crippen molar-refractivity contribution in [3.8, 4) is 11.6 Å². The molecule has 0 saturated carbocycles. The van der Waals surface area contributed by atoms with Gasteiger partial charge >= 0.3 is 0 Å². The quantitative estimate of drug-likeness (QED) is 0.693. The number of piperidine rings is 1. The van der Waals surface area contributed by atoms with Gasteiger partial charge in [-0.3, -0.25) is 4.90 Å². The minimum absolute atomic E-state index is 0.0188. The van der Waals surface area contributed by atoms with E-state index in [1.807, 2.05) is 26.0 Å².